The maximum atomic E-state index is 13.1. The number of halogens is 3. The average molecular weight is 303 g/mol. The van der Waals surface area contributed by atoms with Crippen LogP contribution in [0.5, 0.6) is 0 Å². The van der Waals surface area contributed by atoms with Gasteiger partial charge in [0.2, 0.25) is 0 Å². The first-order valence-corrected chi connectivity index (χ1v) is 6.62. The highest BCUT2D eigenvalue weighted by Crippen LogP contribution is 2.31. The highest BCUT2D eigenvalue weighted by molar-refractivity contribution is 6.39. The highest BCUT2D eigenvalue weighted by atomic mass is 35.5. The minimum atomic E-state index is -0.463. The van der Waals surface area contributed by atoms with Crippen LogP contribution in [0, 0.1) is 5.82 Å². The maximum absolute atomic E-state index is 13.1. The van der Waals surface area contributed by atoms with Crippen molar-refractivity contribution >= 4 is 28.9 Å². The number of aryl methyl sites for hydroxylation is 1. The van der Waals surface area contributed by atoms with E-state index in [9.17, 15) is 4.39 Å². The van der Waals surface area contributed by atoms with Gasteiger partial charge < -0.3 is 5.32 Å². The third-order valence-electron chi connectivity index (χ3n) is 2.56. The van der Waals surface area contributed by atoms with Gasteiger partial charge in [0.15, 0.2) is 0 Å². The van der Waals surface area contributed by atoms with Gasteiger partial charge in [-0.2, -0.15) is 5.10 Å². The summed E-state index contributed by atoms with van der Waals surface area (Å²) in [6.07, 6.45) is 2.47. The lowest BCUT2D eigenvalue weighted by atomic mass is 10.3. The monoisotopic (exact) mass is 302 g/mol. The summed E-state index contributed by atoms with van der Waals surface area (Å²) in [6.45, 7) is 3.28. The molecule has 19 heavy (non-hydrogen) atoms. The molecule has 0 unspecified atom stereocenters. The van der Waals surface area contributed by atoms with Crippen molar-refractivity contribution in [1.82, 2.24) is 14.8 Å². The van der Waals surface area contributed by atoms with Crippen molar-refractivity contribution < 1.29 is 4.39 Å². The van der Waals surface area contributed by atoms with Crippen LogP contribution in [0.4, 0.5) is 10.1 Å². The Labute approximate surface area is 120 Å². The predicted octanol–water partition coefficient (Wildman–Crippen LogP) is 3.75. The third kappa shape index (κ3) is 3.36. The Bertz CT molecular complexity index is 548. The van der Waals surface area contributed by atoms with Crippen molar-refractivity contribution in [3.63, 3.8) is 0 Å². The fourth-order valence-corrected chi connectivity index (χ4v) is 2.30. The van der Waals surface area contributed by atoms with Crippen molar-refractivity contribution in [3.05, 3.63) is 40.1 Å². The molecule has 102 valence electrons. The zero-order chi connectivity index (χ0) is 13.8. The van der Waals surface area contributed by atoms with Crippen LogP contribution in [-0.4, -0.2) is 14.8 Å². The molecule has 1 aromatic carbocycles. The van der Waals surface area contributed by atoms with Crippen LogP contribution in [0.25, 0.3) is 0 Å². The number of aromatic nitrogens is 3. The van der Waals surface area contributed by atoms with Crippen LogP contribution in [0.3, 0.4) is 0 Å². The van der Waals surface area contributed by atoms with Gasteiger partial charge in [0.25, 0.3) is 0 Å². The molecule has 0 aliphatic heterocycles. The normalized spacial score (nSPS) is 10.7. The molecule has 0 saturated heterocycles. The summed E-state index contributed by atoms with van der Waals surface area (Å²) < 4.78 is 14.9. The Morgan fingerprint density at radius 3 is 2.63 bits per heavy atom. The fourth-order valence-electron chi connectivity index (χ4n) is 1.70. The van der Waals surface area contributed by atoms with E-state index in [2.05, 4.69) is 22.3 Å². The van der Waals surface area contributed by atoms with Crippen LogP contribution >= 0.6 is 23.2 Å². The quantitative estimate of drug-likeness (QED) is 0.915. The maximum Gasteiger partial charge on any atom is 0.146 e. The molecule has 0 atom stereocenters. The number of benzene rings is 1. The van der Waals surface area contributed by atoms with Crippen LogP contribution in [0.2, 0.25) is 10.0 Å². The molecule has 2 aromatic rings. The van der Waals surface area contributed by atoms with Crippen molar-refractivity contribution in [1.29, 1.82) is 0 Å². The molecule has 2 rings (SSSR count). The molecule has 1 aromatic heterocycles. The van der Waals surface area contributed by atoms with Crippen LogP contribution in [0.1, 0.15) is 19.2 Å². The van der Waals surface area contributed by atoms with Gasteiger partial charge in [-0.05, 0) is 18.6 Å². The Morgan fingerprint density at radius 2 is 2.00 bits per heavy atom. The van der Waals surface area contributed by atoms with Crippen LogP contribution < -0.4 is 5.32 Å². The molecule has 0 spiro atoms. The minimum Gasteiger partial charge on any atom is -0.375 e. The number of rotatable bonds is 5. The average Bonchev–Trinajstić information content (AvgIpc) is 2.76. The van der Waals surface area contributed by atoms with Crippen LogP contribution in [0.15, 0.2) is 18.5 Å². The van der Waals surface area contributed by atoms with Crippen LogP contribution in [-0.2, 0) is 13.1 Å². The molecule has 0 aliphatic rings. The summed E-state index contributed by atoms with van der Waals surface area (Å²) in [5.41, 5.74) is 0.496. The number of hydrogen-bond acceptors (Lipinski definition) is 3. The lowest BCUT2D eigenvalue weighted by Crippen LogP contribution is -2.10. The van der Waals surface area contributed by atoms with E-state index in [0.717, 1.165) is 18.8 Å². The molecular formula is C12H13Cl2FN4. The Hall–Kier alpha value is -1.33. The molecular weight excluding hydrogens is 290 g/mol. The summed E-state index contributed by atoms with van der Waals surface area (Å²) in [5, 5.41) is 7.66. The van der Waals surface area contributed by atoms with E-state index in [-0.39, 0.29) is 10.0 Å². The molecule has 4 nitrogen and oxygen atoms in total. The third-order valence-corrected chi connectivity index (χ3v) is 3.16. The van der Waals surface area contributed by atoms with Gasteiger partial charge in [-0.25, -0.2) is 14.1 Å². The topological polar surface area (TPSA) is 42.7 Å². The van der Waals surface area contributed by atoms with E-state index in [1.807, 2.05) is 0 Å². The summed E-state index contributed by atoms with van der Waals surface area (Å²) >= 11 is 11.9. The van der Waals surface area contributed by atoms with Gasteiger partial charge in [0, 0.05) is 6.54 Å². The fraction of sp³-hybridized carbons (Fsp3) is 0.333. The second kappa shape index (κ2) is 6.21. The lowest BCUT2D eigenvalue weighted by Gasteiger charge is -2.11. The van der Waals surface area contributed by atoms with E-state index in [1.54, 1.807) is 4.68 Å². The first-order chi connectivity index (χ1) is 9.11. The summed E-state index contributed by atoms with van der Waals surface area (Å²) in [6, 6.07) is 2.43. The zero-order valence-electron chi connectivity index (χ0n) is 10.3. The van der Waals surface area contributed by atoms with E-state index < -0.39 is 5.82 Å². The smallest absolute Gasteiger partial charge is 0.146 e. The highest BCUT2D eigenvalue weighted by Gasteiger charge is 2.10. The van der Waals surface area contributed by atoms with Gasteiger partial charge in [0.05, 0.1) is 22.3 Å². The van der Waals surface area contributed by atoms with Crippen molar-refractivity contribution in [2.24, 2.45) is 0 Å². The Balaban J connectivity index is 2.12. The summed E-state index contributed by atoms with van der Waals surface area (Å²) in [4.78, 5) is 4.16. The van der Waals surface area contributed by atoms with E-state index in [1.165, 1.54) is 18.5 Å². The molecule has 0 amide bonds. The summed E-state index contributed by atoms with van der Waals surface area (Å²) in [5.74, 6) is 0.313. The molecule has 1 N–H and O–H groups in total. The van der Waals surface area contributed by atoms with Gasteiger partial charge in [-0.3, -0.25) is 0 Å². The zero-order valence-corrected chi connectivity index (χ0v) is 11.8. The summed E-state index contributed by atoms with van der Waals surface area (Å²) in [7, 11) is 0. The molecule has 1 heterocycles. The standard InChI is InChI=1S/C12H13Cl2FN4/c1-2-3-19-11(17-7-18-19)6-16-12-9(13)4-8(15)5-10(12)14/h4-5,7,16H,2-3,6H2,1H3. The Kier molecular flexibility index (Phi) is 4.61. The van der Waals surface area contributed by atoms with Gasteiger partial charge >= 0.3 is 0 Å². The van der Waals surface area contributed by atoms with Crippen molar-refractivity contribution in [2.45, 2.75) is 26.4 Å². The molecule has 0 saturated carbocycles. The van der Waals surface area contributed by atoms with E-state index >= 15 is 0 Å². The second-order valence-corrected chi connectivity index (χ2v) is 4.81. The second-order valence-electron chi connectivity index (χ2n) is 4.00. The predicted molar refractivity (Wildman–Crippen MR) is 74.1 cm³/mol. The first-order valence-electron chi connectivity index (χ1n) is 5.87. The number of hydrogen-bond donors (Lipinski definition) is 1. The SMILES string of the molecule is CCCn1ncnc1CNc1c(Cl)cc(F)cc1Cl. The van der Waals surface area contributed by atoms with E-state index in [0.29, 0.717) is 12.2 Å². The van der Waals surface area contributed by atoms with Gasteiger partial charge in [-0.1, -0.05) is 30.1 Å². The number of nitrogens with one attached hydrogen (secondary N) is 1. The molecule has 0 aliphatic carbocycles. The lowest BCUT2D eigenvalue weighted by molar-refractivity contribution is 0.574. The van der Waals surface area contributed by atoms with Gasteiger partial charge in [-0.15, -0.1) is 0 Å². The van der Waals surface area contributed by atoms with Crippen molar-refractivity contribution in [3.8, 4) is 0 Å². The molecule has 0 radical (unpaired) electrons. The number of anilines is 1. The molecule has 0 fully saturated rings. The minimum absolute atomic E-state index is 0.242. The molecule has 7 heteroatoms. The van der Waals surface area contributed by atoms with Crippen molar-refractivity contribution in [2.75, 3.05) is 5.32 Å². The van der Waals surface area contributed by atoms with Gasteiger partial charge in [0.1, 0.15) is 18.0 Å². The first kappa shape index (κ1) is 14.1. The molecule has 0 bridgehead atoms. The number of nitrogens with zero attached hydrogens (tertiary/aromatic N) is 3. The van der Waals surface area contributed by atoms with E-state index in [4.69, 9.17) is 23.2 Å². The largest absolute Gasteiger partial charge is 0.375 e. The Morgan fingerprint density at radius 1 is 1.32 bits per heavy atom.